The lowest BCUT2D eigenvalue weighted by Gasteiger charge is -2.27. The molecular formula is C24H17F2N3O3. The molecule has 2 aromatic carbocycles. The van der Waals surface area contributed by atoms with E-state index in [1.54, 1.807) is 35.4 Å². The van der Waals surface area contributed by atoms with E-state index in [0.717, 1.165) is 17.5 Å². The average molecular weight is 433 g/mol. The number of pyridine rings is 2. The maximum atomic E-state index is 14.5. The normalized spacial score (nSPS) is 17.5. The number of carboxylic acid groups (broad SMARTS) is 1. The Kier molecular flexibility index (Phi) is 4.70. The molecule has 1 aliphatic heterocycles. The minimum absolute atomic E-state index is 0.115. The molecule has 160 valence electrons. The molecule has 0 fully saturated rings. The number of nitrogens with one attached hydrogen (secondary N) is 1. The first-order valence-corrected chi connectivity index (χ1v) is 9.94. The van der Waals surface area contributed by atoms with Gasteiger partial charge < -0.3 is 15.0 Å². The van der Waals surface area contributed by atoms with Crippen LogP contribution in [-0.4, -0.2) is 27.1 Å². The standard InChI is InChI=1S/C24H17F2N3O3/c25-15-7-5-14(17(26)11-15)12-29-18-8-6-13-3-1-9-27-21(13)20(18)19(22(29)24(31)32)16-4-2-10-28-23(16)30/h1-11,19,22H,12H2,(H,28,30)(H,31,32). The van der Waals surface area contributed by atoms with Crippen LogP contribution >= 0.6 is 0 Å². The molecule has 4 aromatic rings. The van der Waals surface area contributed by atoms with E-state index < -0.39 is 35.1 Å². The summed E-state index contributed by atoms with van der Waals surface area (Å²) in [6, 6.07) is 12.4. The highest BCUT2D eigenvalue weighted by molar-refractivity contribution is 5.94. The van der Waals surface area contributed by atoms with Gasteiger partial charge in [0.05, 0.1) is 5.52 Å². The van der Waals surface area contributed by atoms with Crippen LogP contribution < -0.4 is 10.5 Å². The van der Waals surface area contributed by atoms with Crippen molar-refractivity contribution < 1.29 is 18.7 Å². The molecule has 0 spiro atoms. The van der Waals surface area contributed by atoms with E-state index >= 15 is 0 Å². The summed E-state index contributed by atoms with van der Waals surface area (Å²) in [5.74, 6) is -3.49. The molecule has 2 aromatic heterocycles. The molecule has 2 atom stereocenters. The number of halogens is 2. The molecule has 0 amide bonds. The minimum Gasteiger partial charge on any atom is -0.480 e. The van der Waals surface area contributed by atoms with E-state index in [4.69, 9.17) is 0 Å². The van der Waals surface area contributed by atoms with Crippen LogP contribution in [0.3, 0.4) is 0 Å². The van der Waals surface area contributed by atoms with Crippen molar-refractivity contribution >= 4 is 22.6 Å². The maximum absolute atomic E-state index is 14.5. The summed E-state index contributed by atoms with van der Waals surface area (Å²) in [6.45, 7) is -0.115. The maximum Gasteiger partial charge on any atom is 0.327 e. The third kappa shape index (κ3) is 3.11. The van der Waals surface area contributed by atoms with E-state index in [0.29, 0.717) is 16.8 Å². The summed E-state index contributed by atoms with van der Waals surface area (Å²) in [7, 11) is 0. The van der Waals surface area contributed by atoms with Crippen LogP contribution in [0.25, 0.3) is 10.9 Å². The van der Waals surface area contributed by atoms with Crippen LogP contribution in [0.15, 0.2) is 71.8 Å². The summed E-state index contributed by atoms with van der Waals surface area (Å²) in [4.78, 5) is 33.8. The van der Waals surface area contributed by atoms with Crippen molar-refractivity contribution in [1.29, 1.82) is 0 Å². The number of hydrogen-bond acceptors (Lipinski definition) is 4. The SMILES string of the molecule is O=C(O)C1C(c2ccc[nH]c2=O)c2c(ccc3cccnc23)N1Cc1ccc(F)cc1F. The summed E-state index contributed by atoms with van der Waals surface area (Å²) in [5, 5.41) is 11.0. The van der Waals surface area contributed by atoms with Gasteiger partial charge in [-0.25, -0.2) is 13.6 Å². The summed E-state index contributed by atoms with van der Waals surface area (Å²) in [5.41, 5.74) is 1.73. The largest absolute Gasteiger partial charge is 0.480 e. The highest BCUT2D eigenvalue weighted by Gasteiger charge is 2.46. The first-order valence-electron chi connectivity index (χ1n) is 9.94. The van der Waals surface area contributed by atoms with Crippen molar-refractivity contribution in [3.8, 4) is 0 Å². The van der Waals surface area contributed by atoms with Gasteiger partial charge in [0.15, 0.2) is 0 Å². The Morgan fingerprint density at radius 2 is 1.97 bits per heavy atom. The Balaban J connectivity index is 1.77. The Hall–Kier alpha value is -4.07. The Morgan fingerprint density at radius 3 is 2.72 bits per heavy atom. The molecule has 8 heteroatoms. The number of carboxylic acids is 1. The number of fused-ring (bicyclic) bond motifs is 3. The van der Waals surface area contributed by atoms with Gasteiger partial charge in [-0.3, -0.25) is 9.78 Å². The summed E-state index contributed by atoms with van der Waals surface area (Å²) < 4.78 is 27.9. The molecule has 2 unspecified atom stereocenters. The van der Waals surface area contributed by atoms with Gasteiger partial charge >= 0.3 is 5.97 Å². The van der Waals surface area contributed by atoms with Crippen LogP contribution in [0.5, 0.6) is 0 Å². The van der Waals surface area contributed by atoms with Crippen LogP contribution in [0.1, 0.15) is 22.6 Å². The van der Waals surface area contributed by atoms with Gasteiger partial charge in [-0.05, 0) is 24.3 Å². The van der Waals surface area contributed by atoms with E-state index in [9.17, 15) is 23.5 Å². The molecule has 2 N–H and O–H groups in total. The topological polar surface area (TPSA) is 86.3 Å². The number of benzene rings is 2. The third-order valence-electron chi connectivity index (χ3n) is 5.86. The fourth-order valence-electron chi connectivity index (χ4n) is 4.50. The quantitative estimate of drug-likeness (QED) is 0.511. The molecule has 3 heterocycles. The van der Waals surface area contributed by atoms with Crippen molar-refractivity contribution in [1.82, 2.24) is 9.97 Å². The second-order valence-electron chi connectivity index (χ2n) is 7.65. The fourth-order valence-corrected chi connectivity index (χ4v) is 4.50. The monoisotopic (exact) mass is 433 g/mol. The van der Waals surface area contributed by atoms with Gasteiger partial charge in [-0.15, -0.1) is 0 Å². The van der Waals surface area contributed by atoms with E-state index in [1.165, 1.54) is 12.3 Å². The highest BCUT2D eigenvalue weighted by atomic mass is 19.1. The lowest BCUT2D eigenvalue weighted by Crippen LogP contribution is -2.42. The van der Waals surface area contributed by atoms with Crippen LogP contribution in [0, 0.1) is 11.6 Å². The lowest BCUT2D eigenvalue weighted by molar-refractivity contribution is -0.138. The minimum atomic E-state index is -1.19. The first kappa shape index (κ1) is 19.9. The van der Waals surface area contributed by atoms with E-state index in [1.807, 2.05) is 12.1 Å². The smallest absolute Gasteiger partial charge is 0.327 e. The Labute approximate surface area is 180 Å². The predicted molar refractivity (Wildman–Crippen MR) is 115 cm³/mol. The van der Waals surface area contributed by atoms with Gasteiger partial charge in [0.2, 0.25) is 0 Å². The zero-order valence-corrected chi connectivity index (χ0v) is 16.6. The number of aromatic amines is 1. The number of carbonyl (C=O) groups is 1. The van der Waals surface area contributed by atoms with Gasteiger partial charge in [0, 0.05) is 58.7 Å². The van der Waals surface area contributed by atoms with Crippen molar-refractivity contribution in [3.05, 3.63) is 106 Å². The Bertz CT molecular complexity index is 1420. The van der Waals surface area contributed by atoms with Crippen molar-refractivity contribution in [3.63, 3.8) is 0 Å². The zero-order valence-electron chi connectivity index (χ0n) is 16.6. The van der Waals surface area contributed by atoms with E-state index in [-0.39, 0.29) is 17.7 Å². The van der Waals surface area contributed by atoms with Gasteiger partial charge in [-0.2, -0.15) is 0 Å². The molecule has 6 nitrogen and oxygen atoms in total. The zero-order chi connectivity index (χ0) is 22.4. The van der Waals surface area contributed by atoms with Gasteiger partial charge in [0.25, 0.3) is 5.56 Å². The molecule has 32 heavy (non-hydrogen) atoms. The van der Waals surface area contributed by atoms with Crippen molar-refractivity contribution in [2.24, 2.45) is 0 Å². The third-order valence-corrected chi connectivity index (χ3v) is 5.86. The molecular weight excluding hydrogens is 416 g/mol. The summed E-state index contributed by atoms with van der Waals surface area (Å²) in [6.07, 6.45) is 3.08. The Morgan fingerprint density at radius 1 is 1.12 bits per heavy atom. The van der Waals surface area contributed by atoms with Crippen LogP contribution in [-0.2, 0) is 11.3 Å². The van der Waals surface area contributed by atoms with Gasteiger partial charge in [0.1, 0.15) is 17.7 Å². The summed E-state index contributed by atoms with van der Waals surface area (Å²) >= 11 is 0. The number of hydrogen-bond donors (Lipinski definition) is 2. The molecule has 0 bridgehead atoms. The van der Waals surface area contributed by atoms with Crippen molar-refractivity contribution in [2.45, 2.75) is 18.5 Å². The van der Waals surface area contributed by atoms with Crippen LogP contribution in [0.2, 0.25) is 0 Å². The number of aromatic nitrogens is 2. The highest BCUT2D eigenvalue weighted by Crippen LogP contribution is 2.47. The first-order chi connectivity index (χ1) is 15.5. The second kappa shape index (κ2) is 7.56. The number of anilines is 1. The number of nitrogens with zero attached hydrogens (tertiary/aromatic N) is 2. The number of rotatable bonds is 4. The van der Waals surface area contributed by atoms with Crippen LogP contribution in [0.4, 0.5) is 14.5 Å². The second-order valence-corrected chi connectivity index (χ2v) is 7.65. The van der Waals surface area contributed by atoms with Crippen molar-refractivity contribution in [2.75, 3.05) is 4.90 Å². The molecule has 0 saturated carbocycles. The van der Waals surface area contributed by atoms with E-state index in [2.05, 4.69) is 9.97 Å². The number of aliphatic carboxylic acids is 1. The molecule has 5 rings (SSSR count). The van der Waals surface area contributed by atoms with Gasteiger partial charge in [-0.1, -0.05) is 24.3 Å². The predicted octanol–water partition coefficient (Wildman–Crippen LogP) is 3.81. The molecule has 0 saturated heterocycles. The fraction of sp³-hybridized carbons (Fsp3) is 0.125. The lowest BCUT2D eigenvalue weighted by atomic mass is 9.87. The molecule has 0 aliphatic carbocycles. The average Bonchev–Trinajstić information content (AvgIpc) is 3.10. The number of H-pyrrole nitrogens is 1. The molecule has 0 radical (unpaired) electrons. The molecule has 1 aliphatic rings.